The summed E-state index contributed by atoms with van der Waals surface area (Å²) < 4.78 is 10.8. The molecule has 1 rings (SSSR count). The summed E-state index contributed by atoms with van der Waals surface area (Å²) in [5.41, 5.74) is 5.55. The third-order valence-corrected chi connectivity index (χ3v) is 2.60. The lowest BCUT2D eigenvalue weighted by molar-refractivity contribution is -0.131. The molecule has 0 aromatic heterocycles. The molecule has 1 saturated heterocycles. The van der Waals surface area contributed by atoms with E-state index in [0.29, 0.717) is 19.7 Å². The first kappa shape index (κ1) is 12.4. The predicted octanol–water partition coefficient (Wildman–Crippen LogP) is -0.404. The zero-order valence-electron chi connectivity index (χ0n) is 9.60. The molecule has 0 aromatic carbocycles. The first-order valence-electron chi connectivity index (χ1n) is 5.28. The molecular weight excluding hydrogens is 196 g/mol. The fourth-order valence-corrected chi connectivity index (χ4v) is 1.81. The van der Waals surface area contributed by atoms with Gasteiger partial charge in [0, 0.05) is 26.8 Å². The Bertz CT molecular complexity index is 221. The number of likely N-dealkylation sites (tertiary alicyclic amines) is 1. The predicted molar refractivity (Wildman–Crippen MR) is 56.4 cm³/mol. The minimum atomic E-state index is -0.456. The van der Waals surface area contributed by atoms with E-state index < -0.39 is 6.04 Å². The SMILES string of the molecule is CCO[C@@H]1CN(C(=O)[C@@H](C)N)C[C@@H]1OC. The van der Waals surface area contributed by atoms with E-state index in [1.165, 1.54) is 0 Å². The molecule has 1 heterocycles. The quantitative estimate of drug-likeness (QED) is 0.694. The van der Waals surface area contributed by atoms with E-state index in [-0.39, 0.29) is 18.1 Å². The second-order valence-electron chi connectivity index (χ2n) is 3.80. The van der Waals surface area contributed by atoms with Crippen LogP contribution in [0.3, 0.4) is 0 Å². The Hall–Kier alpha value is -0.650. The number of nitrogens with two attached hydrogens (primary N) is 1. The number of rotatable bonds is 4. The number of nitrogens with zero attached hydrogens (tertiary/aromatic N) is 1. The molecule has 0 bridgehead atoms. The fraction of sp³-hybridized carbons (Fsp3) is 0.900. The standard InChI is InChI=1S/C10H20N2O3/c1-4-15-9-6-12(5-8(9)14-3)10(13)7(2)11/h7-9H,4-6,11H2,1-3H3/t7-,8+,9-/m1/s1. The lowest BCUT2D eigenvalue weighted by Gasteiger charge is -2.17. The molecule has 0 unspecified atom stereocenters. The van der Waals surface area contributed by atoms with Crippen molar-refractivity contribution in [1.82, 2.24) is 4.90 Å². The molecule has 1 aliphatic rings. The van der Waals surface area contributed by atoms with E-state index in [4.69, 9.17) is 15.2 Å². The van der Waals surface area contributed by atoms with Gasteiger partial charge in [0.05, 0.1) is 6.04 Å². The summed E-state index contributed by atoms with van der Waals surface area (Å²) in [6, 6.07) is -0.456. The maximum Gasteiger partial charge on any atom is 0.239 e. The number of carbonyl (C=O) groups is 1. The van der Waals surface area contributed by atoms with Crippen LogP contribution in [0.4, 0.5) is 0 Å². The summed E-state index contributed by atoms with van der Waals surface area (Å²) in [7, 11) is 1.64. The zero-order valence-corrected chi connectivity index (χ0v) is 9.60. The van der Waals surface area contributed by atoms with Crippen LogP contribution >= 0.6 is 0 Å². The Labute approximate surface area is 90.5 Å². The summed E-state index contributed by atoms with van der Waals surface area (Å²) >= 11 is 0. The average molecular weight is 216 g/mol. The number of ether oxygens (including phenoxy) is 2. The molecule has 0 saturated carbocycles. The molecule has 5 nitrogen and oxygen atoms in total. The lowest BCUT2D eigenvalue weighted by atomic mass is 10.2. The van der Waals surface area contributed by atoms with Gasteiger partial charge in [0.2, 0.25) is 5.91 Å². The van der Waals surface area contributed by atoms with E-state index in [1.54, 1.807) is 18.9 Å². The van der Waals surface area contributed by atoms with Crippen molar-refractivity contribution >= 4 is 5.91 Å². The van der Waals surface area contributed by atoms with Crippen LogP contribution in [0.15, 0.2) is 0 Å². The Kier molecular flexibility index (Phi) is 4.50. The molecule has 0 spiro atoms. The Morgan fingerprint density at radius 2 is 2.13 bits per heavy atom. The van der Waals surface area contributed by atoms with E-state index in [1.807, 2.05) is 6.92 Å². The second kappa shape index (κ2) is 5.44. The van der Waals surface area contributed by atoms with Gasteiger partial charge in [-0.05, 0) is 13.8 Å². The second-order valence-corrected chi connectivity index (χ2v) is 3.80. The van der Waals surface area contributed by atoms with Gasteiger partial charge >= 0.3 is 0 Å². The van der Waals surface area contributed by atoms with Gasteiger partial charge in [0.1, 0.15) is 12.2 Å². The van der Waals surface area contributed by atoms with Crippen molar-refractivity contribution in [3.8, 4) is 0 Å². The third kappa shape index (κ3) is 2.90. The van der Waals surface area contributed by atoms with E-state index >= 15 is 0 Å². The van der Waals surface area contributed by atoms with Crippen LogP contribution in [0.1, 0.15) is 13.8 Å². The molecule has 88 valence electrons. The van der Waals surface area contributed by atoms with Crippen molar-refractivity contribution in [2.75, 3.05) is 26.8 Å². The monoisotopic (exact) mass is 216 g/mol. The molecule has 3 atom stereocenters. The highest BCUT2D eigenvalue weighted by Crippen LogP contribution is 2.16. The maximum atomic E-state index is 11.6. The van der Waals surface area contributed by atoms with Crippen LogP contribution < -0.4 is 5.73 Å². The first-order chi connectivity index (χ1) is 7.10. The topological polar surface area (TPSA) is 64.8 Å². The first-order valence-corrected chi connectivity index (χ1v) is 5.28. The van der Waals surface area contributed by atoms with E-state index in [2.05, 4.69) is 0 Å². The van der Waals surface area contributed by atoms with Crippen molar-refractivity contribution in [2.24, 2.45) is 5.73 Å². The van der Waals surface area contributed by atoms with Crippen molar-refractivity contribution in [3.05, 3.63) is 0 Å². The van der Waals surface area contributed by atoms with Crippen LogP contribution in [-0.4, -0.2) is 55.9 Å². The van der Waals surface area contributed by atoms with Crippen LogP contribution in [-0.2, 0) is 14.3 Å². The highest BCUT2D eigenvalue weighted by Gasteiger charge is 2.36. The molecule has 0 aliphatic carbocycles. The van der Waals surface area contributed by atoms with Gasteiger partial charge in [-0.2, -0.15) is 0 Å². The van der Waals surface area contributed by atoms with E-state index in [9.17, 15) is 4.79 Å². The number of methoxy groups -OCH3 is 1. The van der Waals surface area contributed by atoms with Crippen LogP contribution in [0.2, 0.25) is 0 Å². The molecule has 1 fully saturated rings. The maximum absolute atomic E-state index is 11.6. The van der Waals surface area contributed by atoms with Gasteiger partial charge in [0.25, 0.3) is 0 Å². The molecule has 5 heteroatoms. The van der Waals surface area contributed by atoms with Gasteiger partial charge in [-0.25, -0.2) is 0 Å². The summed E-state index contributed by atoms with van der Waals surface area (Å²) in [6.07, 6.45) is -0.0599. The number of hydrogen-bond acceptors (Lipinski definition) is 4. The van der Waals surface area contributed by atoms with Gasteiger partial charge in [-0.1, -0.05) is 0 Å². The highest BCUT2D eigenvalue weighted by atomic mass is 16.5. The summed E-state index contributed by atoms with van der Waals surface area (Å²) in [5, 5.41) is 0. The minimum Gasteiger partial charge on any atom is -0.377 e. The van der Waals surface area contributed by atoms with Gasteiger partial charge in [0.15, 0.2) is 0 Å². The fourth-order valence-electron chi connectivity index (χ4n) is 1.81. The van der Waals surface area contributed by atoms with Crippen molar-refractivity contribution in [2.45, 2.75) is 32.1 Å². The molecule has 15 heavy (non-hydrogen) atoms. The van der Waals surface area contributed by atoms with Gasteiger partial charge < -0.3 is 20.1 Å². The summed E-state index contributed by atoms with van der Waals surface area (Å²) in [6.45, 7) is 5.40. The number of hydrogen-bond donors (Lipinski definition) is 1. The summed E-state index contributed by atoms with van der Waals surface area (Å²) in [5.74, 6) is -0.0424. The Morgan fingerprint density at radius 1 is 1.53 bits per heavy atom. The van der Waals surface area contributed by atoms with Crippen LogP contribution in [0, 0.1) is 0 Å². The highest BCUT2D eigenvalue weighted by molar-refractivity contribution is 5.81. The average Bonchev–Trinajstić information content (AvgIpc) is 2.60. The van der Waals surface area contributed by atoms with Crippen LogP contribution in [0.5, 0.6) is 0 Å². The van der Waals surface area contributed by atoms with Crippen molar-refractivity contribution in [3.63, 3.8) is 0 Å². The normalized spacial score (nSPS) is 28.1. The van der Waals surface area contributed by atoms with Gasteiger partial charge in [-0.3, -0.25) is 4.79 Å². The minimum absolute atomic E-state index is 0.0253. The third-order valence-electron chi connectivity index (χ3n) is 2.60. The van der Waals surface area contributed by atoms with Gasteiger partial charge in [-0.15, -0.1) is 0 Å². The van der Waals surface area contributed by atoms with Crippen LogP contribution in [0.25, 0.3) is 0 Å². The van der Waals surface area contributed by atoms with Crippen molar-refractivity contribution in [1.29, 1.82) is 0 Å². The largest absolute Gasteiger partial charge is 0.377 e. The van der Waals surface area contributed by atoms with Crippen molar-refractivity contribution < 1.29 is 14.3 Å². The zero-order chi connectivity index (χ0) is 11.4. The Morgan fingerprint density at radius 3 is 2.60 bits per heavy atom. The van der Waals surface area contributed by atoms with E-state index in [0.717, 1.165) is 0 Å². The molecule has 2 N–H and O–H groups in total. The molecule has 0 aromatic rings. The molecule has 1 amide bonds. The Balaban J connectivity index is 2.56. The molecule has 0 radical (unpaired) electrons. The lowest BCUT2D eigenvalue weighted by Crippen LogP contribution is -2.41. The molecular formula is C10H20N2O3. The summed E-state index contributed by atoms with van der Waals surface area (Å²) in [4.78, 5) is 13.4. The molecule has 1 aliphatic heterocycles. The smallest absolute Gasteiger partial charge is 0.239 e. The number of amides is 1. The number of carbonyl (C=O) groups excluding carboxylic acids is 1.